The van der Waals surface area contributed by atoms with Gasteiger partial charge in [-0.05, 0) is 91.5 Å². The lowest BCUT2D eigenvalue weighted by atomic mass is 9.94. The van der Waals surface area contributed by atoms with E-state index in [1.54, 1.807) is 0 Å². The summed E-state index contributed by atoms with van der Waals surface area (Å²) in [6.45, 7) is 4.53. The van der Waals surface area contributed by atoms with E-state index in [4.69, 9.17) is 5.73 Å². The van der Waals surface area contributed by atoms with Crippen LogP contribution in [0.25, 0.3) is 0 Å². The van der Waals surface area contributed by atoms with Crippen molar-refractivity contribution in [3.05, 3.63) is 63.7 Å². The monoisotopic (exact) mass is 265 g/mol. The van der Waals surface area contributed by atoms with Crippen LogP contribution < -0.4 is 5.73 Å². The molecule has 2 N–H and O–H groups in total. The summed E-state index contributed by atoms with van der Waals surface area (Å²) in [7, 11) is 0. The van der Waals surface area contributed by atoms with Crippen LogP contribution in [0.4, 0.5) is 5.69 Å². The van der Waals surface area contributed by atoms with Crippen molar-refractivity contribution in [3.8, 4) is 0 Å². The summed E-state index contributed by atoms with van der Waals surface area (Å²) >= 11 is 0. The number of rotatable bonds is 0. The fraction of sp³-hybridized carbons (Fsp3) is 0.368. The molecule has 0 saturated heterocycles. The molecule has 3 rings (SSSR count). The van der Waals surface area contributed by atoms with Crippen molar-refractivity contribution >= 4 is 5.69 Å². The summed E-state index contributed by atoms with van der Waals surface area (Å²) in [6.07, 6.45) is 5.71. The van der Waals surface area contributed by atoms with E-state index in [2.05, 4.69) is 44.2 Å². The zero-order valence-corrected chi connectivity index (χ0v) is 12.5. The molecule has 0 atom stereocenters. The molecule has 0 radical (unpaired) electrons. The molecular formula is C19H23N. The van der Waals surface area contributed by atoms with Gasteiger partial charge in [0.15, 0.2) is 0 Å². The Morgan fingerprint density at radius 3 is 2.00 bits per heavy atom. The average Bonchev–Trinajstić information content (AvgIpc) is 2.43. The maximum atomic E-state index is 6.08. The maximum absolute atomic E-state index is 6.08. The number of nitrogen functional groups attached to an aromatic ring is 1. The smallest absolute Gasteiger partial charge is 0.0319 e. The van der Waals surface area contributed by atoms with E-state index in [1.165, 1.54) is 46.2 Å². The number of nitrogens with two attached hydrogens (primary N) is 1. The highest BCUT2D eigenvalue weighted by Gasteiger charge is 2.11. The minimum atomic E-state index is 0.920. The summed E-state index contributed by atoms with van der Waals surface area (Å²) in [5.74, 6) is 0. The van der Waals surface area contributed by atoms with Crippen LogP contribution in [0.1, 0.15) is 39.8 Å². The number of hydrogen-bond acceptors (Lipinski definition) is 1. The Bertz CT molecular complexity index is 640. The van der Waals surface area contributed by atoms with Gasteiger partial charge in [-0.2, -0.15) is 0 Å². The Morgan fingerprint density at radius 1 is 0.750 bits per heavy atom. The average molecular weight is 265 g/mol. The molecule has 20 heavy (non-hydrogen) atoms. The Kier molecular flexibility index (Phi) is 3.52. The zero-order chi connectivity index (χ0) is 14.1. The molecular weight excluding hydrogens is 242 g/mol. The van der Waals surface area contributed by atoms with Crippen LogP contribution in [-0.4, -0.2) is 0 Å². The lowest BCUT2D eigenvalue weighted by Gasteiger charge is -2.12. The number of benzene rings is 2. The van der Waals surface area contributed by atoms with Gasteiger partial charge in [0.05, 0.1) is 0 Å². The van der Waals surface area contributed by atoms with Gasteiger partial charge in [-0.1, -0.05) is 18.2 Å². The molecule has 1 aliphatic carbocycles. The van der Waals surface area contributed by atoms with Crippen molar-refractivity contribution in [2.24, 2.45) is 0 Å². The van der Waals surface area contributed by atoms with Crippen molar-refractivity contribution < 1.29 is 0 Å². The zero-order valence-electron chi connectivity index (χ0n) is 12.5. The largest absolute Gasteiger partial charge is 0.399 e. The van der Waals surface area contributed by atoms with E-state index in [-0.39, 0.29) is 0 Å². The lowest BCUT2D eigenvalue weighted by Crippen LogP contribution is -2.01. The van der Waals surface area contributed by atoms with Crippen LogP contribution in [0.3, 0.4) is 0 Å². The van der Waals surface area contributed by atoms with E-state index >= 15 is 0 Å². The third-order valence-corrected chi connectivity index (χ3v) is 4.76. The molecule has 0 aliphatic heterocycles. The molecule has 2 aromatic carbocycles. The van der Waals surface area contributed by atoms with Gasteiger partial charge in [0.2, 0.25) is 0 Å². The summed E-state index contributed by atoms with van der Waals surface area (Å²) in [5, 5.41) is 0. The number of anilines is 1. The van der Waals surface area contributed by atoms with Gasteiger partial charge < -0.3 is 5.73 Å². The molecule has 4 bridgehead atoms. The highest BCUT2D eigenvalue weighted by molar-refractivity contribution is 5.50. The first-order chi connectivity index (χ1) is 9.65. The second kappa shape index (κ2) is 5.32. The van der Waals surface area contributed by atoms with Gasteiger partial charge in [-0.3, -0.25) is 0 Å². The van der Waals surface area contributed by atoms with Gasteiger partial charge in [-0.25, -0.2) is 0 Å². The summed E-state index contributed by atoms with van der Waals surface area (Å²) < 4.78 is 0. The van der Waals surface area contributed by atoms with Crippen LogP contribution in [0.15, 0.2) is 30.3 Å². The molecule has 0 heterocycles. The first-order valence-corrected chi connectivity index (χ1v) is 7.60. The standard InChI is InChI=1S/C19H23N/c1-13-15-5-3-7-16(13)9-10-18-12-19(20)11-17(14(18)2)8-4-6-15/h3,5,7,11-12H,4,6,8-10,20H2,1-2H3. The molecule has 0 aromatic heterocycles. The predicted molar refractivity (Wildman–Crippen MR) is 86.2 cm³/mol. The van der Waals surface area contributed by atoms with Gasteiger partial charge >= 0.3 is 0 Å². The highest BCUT2D eigenvalue weighted by atomic mass is 14.5. The molecule has 2 aromatic rings. The number of hydrogen-bond donors (Lipinski definition) is 1. The molecule has 0 saturated carbocycles. The van der Waals surface area contributed by atoms with Gasteiger partial charge in [0.25, 0.3) is 0 Å². The van der Waals surface area contributed by atoms with E-state index in [0.29, 0.717) is 0 Å². The third-order valence-electron chi connectivity index (χ3n) is 4.76. The molecule has 104 valence electrons. The van der Waals surface area contributed by atoms with Crippen LogP contribution in [0.2, 0.25) is 0 Å². The fourth-order valence-electron chi connectivity index (χ4n) is 3.40. The Hall–Kier alpha value is -1.76. The van der Waals surface area contributed by atoms with Crippen LogP contribution in [-0.2, 0) is 25.7 Å². The van der Waals surface area contributed by atoms with Crippen LogP contribution in [0, 0.1) is 13.8 Å². The number of aryl methyl sites for hydroxylation is 4. The predicted octanol–water partition coefficient (Wildman–Crippen LogP) is 4.16. The second-order valence-corrected chi connectivity index (χ2v) is 6.02. The first kappa shape index (κ1) is 13.2. The summed E-state index contributed by atoms with van der Waals surface area (Å²) in [4.78, 5) is 0. The topological polar surface area (TPSA) is 26.0 Å². The Balaban J connectivity index is 2.04. The Morgan fingerprint density at radius 2 is 1.25 bits per heavy atom. The minimum Gasteiger partial charge on any atom is -0.399 e. The van der Waals surface area contributed by atoms with Crippen molar-refractivity contribution in [2.45, 2.75) is 46.0 Å². The van der Waals surface area contributed by atoms with Crippen LogP contribution in [0.5, 0.6) is 0 Å². The first-order valence-electron chi connectivity index (χ1n) is 7.60. The van der Waals surface area contributed by atoms with Gasteiger partial charge in [0.1, 0.15) is 0 Å². The summed E-state index contributed by atoms with van der Waals surface area (Å²) in [6, 6.07) is 11.1. The highest BCUT2D eigenvalue weighted by Crippen LogP contribution is 2.25. The molecule has 0 spiro atoms. The molecule has 1 heteroatoms. The van der Waals surface area contributed by atoms with E-state index in [9.17, 15) is 0 Å². The SMILES string of the molecule is Cc1c2cccc1CCc1cc(N)cc(c1C)CCC2. The van der Waals surface area contributed by atoms with Gasteiger partial charge in [-0.15, -0.1) is 0 Å². The normalized spacial score (nSPS) is 14.7. The molecule has 0 unspecified atom stereocenters. The second-order valence-electron chi connectivity index (χ2n) is 6.02. The van der Waals surface area contributed by atoms with Crippen molar-refractivity contribution in [1.29, 1.82) is 0 Å². The molecule has 0 amide bonds. The number of fused-ring (bicyclic) bond motifs is 4. The van der Waals surface area contributed by atoms with Crippen molar-refractivity contribution in [1.82, 2.24) is 0 Å². The lowest BCUT2D eigenvalue weighted by molar-refractivity contribution is 0.811. The van der Waals surface area contributed by atoms with E-state index < -0.39 is 0 Å². The molecule has 0 fully saturated rings. The quantitative estimate of drug-likeness (QED) is 0.711. The van der Waals surface area contributed by atoms with Crippen LogP contribution >= 0.6 is 0 Å². The summed E-state index contributed by atoms with van der Waals surface area (Å²) in [5.41, 5.74) is 15.8. The van der Waals surface area contributed by atoms with E-state index in [0.717, 1.165) is 24.9 Å². The Labute approximate surface area is 121 Å². The molecule has 1 nitrogen and oxygen atoms in total. The van der Waals surface area contributed by atoms with Gasteiger partial charge in [0, 0.05) is 5.69 Å². The van der Waals surface area contributed by atoms with Crippen molar-refractivity contribution in [3.63, 3.8) is 0 Å². The fourth-order valence-corrected chi connectivity index (χ4v) is 3.40. The van der Waals surface area contributed by atoms with E-state index in [1.807, 2.05) is 0 Å². The third kappa shape index (κ3) is 2.45. The molecule has 1 aliphatic rings. The van der Waals surface area contributed by atoms with Crippen molar-refractivity contribution in [2.75, 3.05) is 5.73 Å². The maximum Gasteiger partial charge on any atom is 0.0319 e. The minimum absolute atomic E-state index is 0.920.